The van der Waals surface area contributed by atoms with Crippen LogP contribution in [0.1, 0.15) is 11.1 Å². The second-order valence-electron chi connectivity index (χ2n) is 4.47. The van der Waals surface area contributed by atoms with Gasteiger partial charge in [0, 0.05) is 29.1 Å². The molecule has 2 rings (SSSR count). The van der Waals surface area contributed by atoms with Gasteiger partial charge in [-0.15, -0.1) is 0 Å². The lowest BCUT2D eigenvalue weighted by Gasteiger charge is -2.08. The van der Waals surface area contributed by atoms with Crippen molar-refractivity contribution in [3.8, 4) is 0 Å². The molecule has 0 aliphatic heterocycles. The first kappa shape index (κ1) is 14.7. The highest BCUT2D eigenvalue weighted by Crippen LogP contribution is 2.19. The Hall–Kier alpha value is -1.72. The fourth-order valence-corrected chi connectivity index (χ4v) is 2.00. The molecular formula is C15H16BrN3O. The van der Waals surface area contributed by atoms with Gasteiger partial charge in [0.15, 0.2) is 0 Å². The molecule has 5 heteroatoms. The average Bonchev–Trinajstić information content (AvgIpc) is 2.44. The van der Waals surface area contributed by atoms with Crippen LogP contribution in [0.25, 0.3) is 0 Å². The molecule has 1 aromatic heterocycles. The van der Waals surface area contributed by atoms with E-state index in [1.807, 2.05) is 37.3 Å². The third-order valence-electron chi connectivity index (χ3n) is 2.81. The topological polar surface area (TPSA) is 54.0 Å². The molecule has 1 heterocycles. The average molecular weight is 334 g/mol. The summed E-state index contributed by atoms with van der Waals surface area (Å²) < 4.78 is 1.03. The van der Waals surface area contributed by atoms with E-state index in [-0.39, 0.29) is 12.5 Å². The molecule has 1 aromatic carbocycles. The number of pyridine rings is 1. The third kappa shape index (κ3) is 4.43. The van der Waals surface area contributed by atoms with Crippen molar-refractivity contribution in [2.75, 3.05) is 11.9 Å². The number of hydrogen-bond donors (Lipinski definition) is 2. The molecule has 1 amide bonds. The molecule has 0 fully saturated rings. The first-order chi connectivity index (χ1) is 9.65. The van der Waals surface area contributed by atoms with Crippen LogP contribution in [0.3, 0.4) is 0 Å². The number of carbonyl (C=O) groups excluding carboxylic acids is 1. The number of nitrogens with zero attached hydrogens (tertiary/aromatic N) is 1. The number of carbonyl (C=O) groups is 1. The first-order valence-corrected chi connectivity index (χ1v) is 7.10. The minimum absolute atomic E-state index is 0.0548. The van der Waals surface area contributed by atoms with Gasteiger partial charge in [-0.1, -0.05) is 15.9 Å². The number of anilines is 1. The third-order valence-corrected chi connectivity index (χ3v) is 3.70. The summed E-state index contributed by atoms with van der Waals surface area (Å²) in [6, 6.07) is 9.57. The van der Waals surface area contributed by atoms with E-state index in [1.165, 1.54) is 0 Å². The molecule has 0 saturated heterocycles. The highest BCUT2D eigenvalue weighted by molar-refractivity contribution is 9.10. The Labute approximate surface area is 126 Å². The van der Waals surface area contributed by atoms with Gasteiger partial charge in [-0.05, 0) is 48.4 Å². The normalized spacial score (nSPS) is 10.3. The second kappa shape index (κ2) is 7.17. The van der Waals surface area contributed by atoms with Gasteiger partial charge in [0.05, 0.1) is 6.54 Å². The van der Waals surface area contributed by atoms with E-state index in [0.717, 1.165) is 21.3 Å². The van der Waals surface area contributed by atoms with Gasteiger partial charge in [0.2, 0.25) is 5.91 Å². The predicted octanol–water partition coefficient (Wildman–Crippen LogP) is 2.88. The van der Waals surface area contributed by atoms with Crippen LogP contribution in [0.2, 0.25) is 0 Å². The maximum absolute atomic E-state index is 11.8. The Morgan fingerprint density at radius 1 is 1.25 bits per heavy atom. The van der Waals surface area contributed by atoms with Crippen molar-refractivity contribution in [2.45, 2.75) is 13.5 Å². The van der Waals surface area contributed by atoms with Crippen LogP contribution in [0, 0.1) is 6.92 Å². The summed E-state index contributed by atoms with van der Waals surface area (Å²) >= 11 is 3.43. The van der Waals surface area contributed by atoms with Gasteiger partial charge in [0.25, 0.3) is 0 Å². The molecule has 0 aliphatic rings. The molecule has 0 radical (unpaired) electrons. The van der Waals surface area contributed by atoms with E-state index in [9.17, 15) is 4.79 Å². The number of nitrogens with one attached hydrogen (secondary N) is 2. The summed E-state index contributed by atoms with van der Waals surface area (Å²) in [5, 5.41) is 5.96. The highest BCUT2D eigenvalue weighted by atomic mass is 79.9. The van der Waals surface area contributed by atoms with Gasteiger partial charge in [-0.2, -0.15) is 0 Å². The minimum atomic E-state index is -0.0548. The van der Waals surface area contributed by atoms with Crippen molar-refractivity contribution < 1.29 is 4.79 Å². The van der Waals surface area contributed by atoms with Crippen LogP contribution >= 0.6 is 15.9 Å². The fourth-order valence-electron chi connectivity index (χ4n) is 1.75. The van der Waals surface area contributed by atoms with E-state index in [0.29, 0.717) is 6.54 Å². The number of halogens is 1. The van der Waals surface area contributed by atoms with E-state index >= 15 is 0 Å². The Morgan fingerprint density at radius 2 is 2.00 bits per heavy atom. The molecule has 0 saturated carbocycles. The van der Waals surface area contributed by atoms with Gasteiger partial charge >= 0.3 is 0 Å². The molecule has 0 aliphatic carbocycles. The van der Waals surface area contributed by atoms with Crippen LogP contribution in [0.4, 0.5) is 5.69 Å². The zero-order valence-electron chi connectivity index (χ0n) is 11.2. The van der Waals surface area contributed by atoms with Crippen molar-refractivity contribution in [1.29, 1.82) is 0 Å². The number of amides is 1. The van der Waals surface area contributed by atoms with Gasteiger partial charge in [-0.3, -0.25) is 9.78 Å². The van der Waals surface area contributed by atoms with Gasteiger partial charge < -0.3 is 10.6 Å². The standard InChI is InChI=1S/C15H16BrN3O/c1-11-8-13(2-3-14(11)16)19-15(20)10-18-9-12-4-6-17-7-5-12/h2-8,18H,9-10H2,1H3,(H,19,20). The second-order valence-corrected chi connectivity index (χ2v) is 5.33. The minimum Gasteiger partial charge on any atom is -0.325 e. The predicted molar refractivity (Wildman–Crippen MR) is 83.5 cm³/mol. The van der Waals surface area contributed by atoms with Crippen molar-refractivity contribution in [2.24, 2.45) is 0 Å². The Balaban J connectivity index is 1.79. The molecule has 0 spiro atoms. The zero-order valence-corrected chi connectivity index (χ0v) is 12.8. The maximum atomic E-state index is 11.8. The Kier molecular flexibility index (Phi) is 5.26. The molecule has 0 atom stereocenters. The quantitative estimate of drug-likeness (QED) is 0.884. The maximum Gasteiger partial charge on any atom is 0.238 e. The monoisotopic (exact) mass is 333 g/mol. The van der Waals surface area contributed by atoms with Crippen LogP contribution in [-0.2, 0) is 11.3 Å². The lowest BCUT2D eigenvalue weighted by molar-refractivity contribution is -0.115. The molecule has 4 nitrogen and oxygen atoms in total. The lowest BCUT2D eigenvalue weighted by atomic mass is 10.2. The van der Waals surface area contributed by atoms with Gasteiger partial charge in [0.1, 0.15) is 0 Å². The van der Waals surface area contributed by atoms with E-state index in [1.54, 1.807) is 12.4 Å². The molecule has 2 aromatic rings. The molecule has 20 heavy (non-hydrogen) atoms. The summed E-state index contributed by atoms with van der Waals surface area (Å²) in [5.74, 6) is -0.0548. The Bertz CT molecular complexity index is 587. The van der Waals surface area contributed by atoms with Crippen molar-refractivity contribution >= 4 is 27.5 Å². The Morgan fingerprint density at radius 3 is 2.70 bits per heavy atom. The number of aryl methyl sites for hydroxylation is 1. The largest absolute Gasteiger partial charge is 0.325 e. The summed E-state index contributed by atoms with van der Waals surface area (Å²) in [6.07, 6.45) is 3.48. The fraction of sp³-hybridized carbons (Fsp3) is 0.200. The van der Waals surface area contributed by atoms with Crippen LogP contribution in [0.15, 0.2) is 47.2 Å². The van der Waals surface area contributed by atoms with E-state index in [4.69, 9.17) is 0 Å². The summed E-state index contributed by atoms with van der Waals surface area (Å²) in [7, 11) is 0. The van der Waals surface area contributed by atoms with Crippen LogP contribution in [0.5, 0.6) is 0 Å². The molecule has 104 valence electrons. The summed E-state index contributed by atoms with van der Waals surface area (Å²) in [5.41, 5.74) is 3.00. The van der Waals surface area contributed by atoms with E-state index < -0.39 is 0 Å². The molecule has 2 N–H and O–H groups in total. The number of hydrogen-bond acceptors (Lipinski definition) is 3. The van der Waals surface area contributed by atoms with Crippen molar-refractivity contribution in [3.63, 3.8) is 0 Å². The van der Waals surface area contributed by atoms with Crippen molar-refractivity contribution in [3.05, 3.63) is 58.3 Å². The van der Waals surface area contributed by atoms with E-state index in [2.05, 4.69) is 31.5 Å². The molecule has 0 unspecified atom stereocenters. The van der Waals surface area contributed by atoms with Crippen LogP contribution in [-0.4, -0.2) is 17.4 Å². The van der Waals surface area contributed by atoms with Crippen LogP contribution < -0.4 is 10.6 Å². The number of aromatic nitrogens is 1. The zero-order chi connectivity index (χ0) is 14.4. The smallest absolute Gasteiger partial charge is 0.238 e. The molecular weight excluding hydrogens is 318 g/mol. The number of rotatable bonds is 5. The number of benzene rings is 1. The summed E-state index contributed by atoms with van der Waals surface area (Å²) in [6.45, 7) is 2.91. The lowest BCUT2D eigenvalue weighted by Crippen LogP contribution is -2.27. The van der Waals surface area contributed by atoms with Gasteiger partial charge in [-0.25, -0.2) is 0 Å². The molecule has 0 bridgehead atoms. The van der Waals surface area contributed by atoms with Crippen molar-refractivity contribution in [1.82, 2.24) is 10.3 Å². The first-order valence-electron chi connectivity index (χ1n) is 6.31. The summed E-state index contributed by atoms with van der Waals surface area (Å²) in [4.78, 5) is 15.8. The highest BCUT2D eigenvalue weighted by Gasteiger charge is 2.03. The SMILES string of the molecule is Cc1cc(NC(=O)CNCc2ccncc2)ccc1Br.